The standard InChI is InChI=1S/C37H35F3N2O8S/c1-4-50-35(49)36(21-31(43)44,30-10-7-19-51-30)18-17-26(34(47)48)23-13-16-29(28(20-23)33(46)42(2)3)41-32(45)27-9-6-5-8-25(27)22-11-14-24(15-12-22)37(38,39)40/h5-16,19-20,26H,4,17-18,21H2,1-3H3,(H,41,45)(H,43,44)(H,47,48). The zero-order chi connectivity index (χ0) is 37.5. The fourth-order valence-electron chi connectivity index (χ4n) is 5.74. The number of benzene rings is 3. The van der Waals surface area contributed by atoms with E-state index in [1.807, 2.05) is 0 Å². The number of nitrogens with one attached hydrogen (secondary N) is 1. The largest absolute Gasteiger partial charge is 0.481 e. The van der Waals surface area contributed by atoms with E-state index in [9.17, 15) is 47.4 Å². The lowest BCUT2D eigenvalue weighted by Crippen LogP contribution is -2.39. The van der Waals surface area contributed by atoms with Gasteiger partial charge >= 0.3 is 24.1 Å². The Morgan fingerprint density at radius 1 is 0.902 bits per heavy atom. The van der Waals surface area contributed by atoms with Gasteiger partial charge in [-0.25, -0.2) is 0 Å². The molecule has 0 aliphatic carbocycles. The van der Waals surface area contributed by atoms with Gasteiger partial charge in [0.05, 0.1) is 35.8 Å². The minimum Gasteiger partial charge on any atom is -0.481 e. The van der Waals surface area contributed by atoms with Gasteiger partial charge in [0.1, 0.15) is 5.41 Å². The maximum atomic E-state index is 13.6. The number of thiophene rings is 1. The number of hydrogen-bond acceptors (Lipinski definition) is 7. The zero-order valence-electron chi connectivity index (χ0n) is 27.8. The summed E-state index contributed by atoms with van der Waals surface area (Å²) in [6.45, 7) is 1.56. The highest BCUT2D eigenvalue weighted by Gasteiger charge is 2.45. The third-order valence-electron chi connectivity index (χ3n) is 8.30. The van der Waals surface area contributed by atoms with Crippen molar-refractivity contribution in [1.82, 2.24) is 4.90 Å². The molecule has 3 aromatic carbocycles. The molecule has 4 aromatic rings. The van der Waals surface area contributed by atoms with Crippen molar-refractivity contribution < 1.29 is 52.1 Å². The van der Waals surface area contributed by atoms with Crippen molar-refractivity contribution in [2.75, 3.05) is 26.0 Å². The molecule has 0 radical (unpaired) electrons. The molecule has 51 heavy (non-hydrogen) atoms. The molecule has 0 bridgehead atoms. The Kier molecular flexibility index (Phi) is 12.0. The monoisotopic (exact) mass is 724 g/mol. The van der Waals surface area contributed by atoms with Crippen LogP contribution in [0.1, 0.15) is 68.8 Å². The van der Waals surface area contributed by atoms with Crippen LogP contribution in [0.5, 0.6) is 0 Å². The zero-order valence-corrected chi connectivity index (χ0v) is 28.6. The van der Waals surface area contributed by atoms with Crippen molar-refractivity contribution in [3.05, 3.63) is 111 Å². The molecule has 1 aromatic heterocycles. The van der Waals surface area contributed by atoms with Gasteiger partial charge in [0, 0.05) is 24.5 Å². The van der Waals surface area contributed by atoms with E-state index in [2.05, 4.69) is 5.32 Å². The first kappa shape index (κ1) is 38.3. The maximum absolute atomic E-state index is 13.6. The molecule has 4 rings (SSSR count). The van der Waals surface area contributed by atoms with Crippen molar-refractivity contribution in [2.24, 2.45) is 0 Å². The van der Waals surface area contributed by atoms with Crippen molar-refractivity contribution in [1.29, 1.82) is 0 Å². The second-order valence-corrected chi connectivity index (χ2v) is 12.8. The molecule has 3 N–H and O–H groups in total. The van der Waals surface area contributed by atoms with Crippen molar-refractivity contribution in [3.8, 4) is 11.1 Å². The first-order valence-corrected chi connectivity index (χ1v) is 16.6. The van der Waals surface area contributed by atoms with E-state index in [4.69, 9.17) is 4.74 Å². The minimum absolute atomic E-state index is 0.0219. The van der Waals surface area contributed by atoms with Crippen LogP contribution in [-0.2, 0) is 30.7 Å². The molecule has 14 heteroatoms. The van der Waals surface area contributed by atoms with Crippen LogP contribution in [-0.4, -0.2) is 65.5 Å². The van der Waals surface area contributed by atoms with Crippen LogP contribution >= 0.6 is 11.3 Å². The Labute approximate surface area is 295 Å². The number of hydrogen-bond donors (Lipinski definition) is 3. The Morgan fingerprint density at radius 2 is 1.59 bits per heavy atom. The van der Waals surface area contributed by atoms with E-state index in [1.54, 1.807) is 42.6 Å². The van der Waals surface area contributed by atoms with E-state index >= 15 is 0 Å². The van der Waals surface area contributed by atoms with Crippen molar-refractivity contribution >= 4 is 46.7 Å². The van der Waals surface area contributed by atoms with E-state index in [1.165, 1.54) is 55.4 Å². The number of amides is 2. The average Bonchev–Trinajstić information content (AvgIpc) is 3.63. The minimum atomic E-state index is -4.54. The number of halogens is 3. The van der Waals surface area contributed by atoms with Crippen molar-refractivity contribution in [2.45, 2.75) is 43.7 Å². The molecule has 0 saturated heterocycles. The van der Waals surface area contributed by atoms with Crippen LogP contribution in [0.2, 0.25) is 0 Å². The number of carbonyl (C=O) groups excluding carboxylic acids is 3. The number of carboxylic acid groups (broad SMARTS) is 2. The molecule has 2 unspecified atom stereocenters. The number of rotatable bonds is 14. The lowest BCUT2D eigenvalue weighted by molar-refractivity contribution is -0.155. The SMILES string of the molecule is CCOC(=O)C(CCC(C(=O)O)c1ccc(NC(=O)c2ccccc2-c2ccc(C(F)(F)F)cc2)c(C(=O)N(C)C)c1)(CC(=O)O)c1cccs1. The molecule has 0 fully saturated rings. The first-order valence-electron chi connectivity index (χ1n) is 15.7. The number of carboxylic acids is 2. The van der Waals surface area contributed by atoms with Gasteiger partial charge in [0.15, 0.2) is 0 Å². The number of aliphatic carboxylic acids is 2. The van der Waals surface area contributed by atoms with Gasteiger partial charge in [-0.3, -0.25) is 24.0 Å². The molecule has 2 atom stereocenters. The van der Waals surface area contributed by atoms with Crippen LogP contribution < -0.4 is 5.32 Å². The molecule has 0 spiro atoms. The van der Waals surface area contributed by atoms with Crippen LogP contribution in [0.4, 0.5) is 18.9 Å². The van der Waals surface area contributed by atoms with Crippen LogP contribution in [0, 0.1) is 0 Å². The third-order valence-corrected chi connectivity index (χ3v) is 9.37. The lowest BCUT2D eigenvalue weighted by atomic mass is 9.75. The van der Waals surface area contributed by atoms with Crippen LogP contribution in [0.15, 0.2) is 84.2 Å². The number of nitrogens with zero attached hydrogens (tertiary/aromatic N) is 1. The number of carbonyl (C=O) groups is 5. The highest BCUT2D eigenvalue weighted by molar-refractivity contribution is 7.10. The van der Waals surface area contributed by atoms with Gasteiger partial charge in [0.2, 0.25) is 0 Å². The molecule has 10 nitrogen and oxygen atoms in total. The maximum Gasteiger partial charge on any atom is 0.416 e. The summed E-state index contributed by atoms with van der Waals surface area (Å²) in [4.78, 5) is 66.6. The molecular formula is C37H35F3N2O8S. The van der Waals surface area contributed by atoms with E-state index in [0.717, 1.165) is 23.5 Å². The van der Waals surface area contributed by atoms with Crippen LogP contribution in [0.3, 0.4) is 0 Å². The van der Waals surface area contributed by atoms with Gasteiger partial charge in [-0.05, 0) is 78.2 Å². The summed E-state index contributed by atoms with van der Waals surface area (Å²) in [5.41, 5.74) is -1.57. The Hall–Kier alpha value is -5.50. The summed E-state index contributed by atoms with van der Waals surface area (Å²) in [5.74, 6) is -5.91. The first-order chi connectivity index (χ1) is 24.1. The Balaban J connectivity index is 1.70. The lowest BCUT2D eigenvalue weighted by Gasteiger charge is -2.30. The van der Waals surface area contributed by atoms with Crippen molar-refractivity contribution in [3.63, 3.8) is 0 Å². The van der Waals surface area contributed by atoms with Gasteiger partial charge < -0.3 is 25.2 Å². The Bertz CT molecular complexity index is 1910. The summed E-state index contributed by atoms with van der Waals surface area (Å²) < 4.78 is 44.7. The fourth-order valence-corrected chi connectivity index (χ4v) is 6.69. The quantitative estimate of drug-likeness (QED) is 0.115. The summed E-state index contributed by atoms with van der Waals surface area (Å²) >= 11 is 1.15. The fraction of sp³-hybridized carbons (Fsp3) is 0.270. The highest BCUT2D eigenvalue weighted by atomic mass is 32.1. The highest BCUT2D eigenvalue weighted by Crippen LogP contribution is 2.41. The molecule has 1 heterocycles. The summed E-state index contributed by atoms with van der Waals surface area (Å²) in [6.07, 6.45) is -5.59. The molecule has 2 amide bonds. The van der Waals surface area contributed by atoms with E-state index in [-0.39, 0.29) is 41.8 Å². The summed E-state index contributed by atoms with van der Waals surface area (Å²) in [7, 11) is 2.94. The molecule has 0 aliphatic heterocycles. The number of ether oxygens (including phenoxy) is 1. The predicted molar refractivity (Wildman–Crippen MR) is 184 cm³/mol. The van der Waals surface area contributed by atoms with Gasteiger partial charge in [-0.15, -0.1) is 11.3 Å². The number of alkyl halides is 3. The molecule has 0 saturated carbocycles. The van der Waals surface area contributed by atoms with Gasteiger partial charge in [-0.1, -0.05) is 42.5 Å². The Morgan fingerprint density at radius 3 is 2.16 bits per heavy atom. The molecule has 0 aliphatic rings. The molecule has 268 valence electrons. The normalized spacial score (nSPS) is 13.1. The number of anilines is 1. The van der Waals surface area contributed by atoms with Gasteiger partial charge in [0.25, 0.3) is 11.8 Å². The third kappa shape index (κ3) is 8.81. The van der Waals surface area contributed by atoms with Crippen LogP contribution in [0.25, 0.3) is 11.1 Å². The number of esters is 1. The molecular weight excluding hydrogens is 689 g/mol. The summed E-state index contributed by atoms with van der Waals surface area (Å²) in [5, 5.41) is 24.5. The van der Waals surface area contributed by atoms with E-state index < -0.39 is 59.2 Å². The van der Waals surface area contributed by atoms with E-state index in [0.29, 0.717) is 16.0 Å². The second kappa shape index (κ2) is 16.0. The smallest absolute Gasteiger partial charge is 0.416 e. The average molecular weight is 725 g/mol. The topological polar surface area (TPSA) is 150 Å². The second-order valence-electron chi connectivity index (χ2n) is 11.9. The summed E-state index contributed by atoms with van der Waals surface area (Å²) in [6, 6.07) is 17.9. The van der Waals surface area contributed by atoms with Gasteiger partial charge in [-0.2, -0.15) is 13.2 Å². The predicted octanol–water partition coefficient (Wildman–Crippen LogP) is 7.31.